The molecule has 1 N–H and O–H groups in total. The Balaban J connectivity index is 1.46. The largest absolute Gasteiger partial charge is 0.416 e. The molecule has 3 amide bonds. The number of halogens is 3. The van der Waals surface area contributed by atoms with E-state index >= 15 is 0 Å². The van der Waals surface area contributed by atoms with Crippen LogP contribution < -0.4 is 15.1 Å². The maximum Gasteiger partial charge on any atom is 0.416 e. The van der Waals surface area contributed by atoms with Gasteiger partial charge in [0.15, 0.2) is 0 Å². The number of carbonyl (C=O) groups is 3. The summed E-state index contributed by atoms with van der Waals surface area (Å²) in [6.07, 6.45) is -2.75. The van der Waals surface area contributed by atoms with Gasteiger partial charge in [-0.2, -0.15) is 13.2 Å². The van der Waals surface area contributed by atoms with E-state index in [1.165, 1.54) is 24.3 Å². The zero-order valence-corrected chi connectivity index (χ0v) is 19.4. The van der Waals surface area contributed by atoms with Crippen LogP contribution in [0.5, 0.6) is 0 Å². The van der Waals surface area contributed by atoms with Crippen LogP contribution in [-0.4, -0.2) is 30.8 Å². The molecule has 0 atom stereocenters. The number of benzene rings is 3. The molecule has 1 fully saturated rings. The zero-order valence-electron chi connectivity index (χ0n) is 19.4. The highest BCUT2D eigenvalue weighted by atomic mass is 19.4. The highest BCUT2D eigenvalue weighted by Crippen LogP contribution is 2.37. The Hall–Kier alpha value is -4.14. The van der Waals surface area contributed by atoms with Crippen molar-refractivity contribution >= 4 is 34.8 Å². The third-order valence-electron chi connectivity index (χ3n) is 6.52. The minimum atomic E-state index is -4.57. The second-order valence-electron chi connectivity index (χ2n) is 8.87. The molecule has 3 aromatic rings. The normalized spacial score (nSPS) is 15.4. The molecule has 0 unspecified atom stereocenters. The van der Waals surface area contributed by atoms with Gasteiger partial charge in [0.25, 0.3) is 17.7 Å². The standard InChI is InChI=1S/C27H22F3N3O3/c1-16-6-2-3-7-22(16)33-25(35)19-10-8-17(14-20(19)26(33)36)24(34)31-21-15-18(27(28,29)30)9-11-23(21)32-12-4-5-13-32/h2-3,6-11,14-15H,4-5,12-13H2,1H3,(H,31,34). The molecule has 3 aromatic carbocycles. The van der Waals surface area contributed by atoms with Crippen LogP contribution in [0.3, 0.4) is 0 Å². The molecule has 0 aliphatic carbocycles. The predicted octanol–water partition coefficient (Wildman–Crippen LogP) is 5.67. The number of rotatable bonds is 4. The average Bonchev–Trinajstić information content (AvgIpc) is 3.46. The summed E-state index contributed by atoms with van der Waals surface area (Å²) < 4.78 is 40.1. The fourth-order valence-corrected chi connectivity index (χ4v) is 4.66. The lowest BCUT2D eigenvalue weighted by Crippen LogP contribution is -2.29. The Morgan fingerprint density at radius 3 is 2.25 bits per heavy atom. The first kappa shape index (κ1) is 23.6. The van der Waals surface area contributed by atoms with E-state index in [0.717, 1.165) is 35.4 Å². The van der Waals surface area contributed by atoms with Gasteiger partial charge in [-0.25, -0.2) is 4.90 Å². The van der Waals surface area contributed by atoms with Crippen molar-refractivity contribution in [2.24, 2.45) is 0 Å². The van der Waals surface area contributed by atoms with Gasteiger partial charge in [-0.05, 0) is 67.8 Å². The van der Waals surface area contributed by atoms with Crippen molar-refractivity contribution in [3.05, 3.63) is 88.5 Å². The van der Waals surface area contributed by atoms with Crippen molar-refractivity contribution in [2.45, 2.75) is 25.9 Å². The molecule has 0 spiro atoms. The van der Waals surface area contributed by atoms with Gasteiger partial charge in [0.05, 0.1) is 33.8 Å². The molecule has 9 heteroatoms. The minimum Gasteiger partial charge on any atom is -0.370 e. The topological polar surface area (TPSA) is 69.7 Å². The first-order chi connectivity index (χ1) is 17.1. The molecule has 2 aliphatic rings. The Bertz CT molecular complexity index is 1390. The third-order valence-corrected chi connectivity index (χ3v) is 6.52. The summed E-state index contributed by atoms with van der Waals surface area (Å²) in [7, 11) is 0. The first-order valence-electron chi connectivity index (χ1n) is 11.5. The quantitative estimate of drug-likeness (QED) is 0.476. The molecule has 6 nitrogen and oxygen atoms in total. The van der Waals surface area contributed by atoms with Gasteiger partial charge in [-0.1, -0.05) is 18.2 Å². The van der Waals surface area contributed by atoms with E-state index < -0.39 is 29.5 Å². The first-order valence-corrected chi connectivity index (χ1v) is 11.5. The van der Waals surface area contributed by atoms with E-state index in [-0.39, 0.29) is 22.4 Å². The number of aryl methyl sites for hydroxylation is 1. The van der Waals surface area contributed by atoms with Crippen molar-refractivity contribution < 1.29 is 27.6 Å². The van der Waals surface area contributed by atoms with Crippen molar-refractivity contribution in [1.82, 2.24) is 0 Å². The fraction of sp³-hybridized carbons (Fsp3) is 0.222. The van der Waals surface area contributed by atoms with Crippen LogP contribution >= 0.6 is 0 Å². The molecule has 2 aliphatic heterocycles. The van der Waals surface area contributed by atoms with Crippen LogP contribution in [0.15, 0.2) is 60.7 Å². The van der Waals surface area contributed by atoms with E-state index in [1.807, 2.05) is 4.90 Å². The SMILES string of the molecule is Cc1ccccc1N1C(=O)c2ccc(C(=O)Nc3cc(C(F)(F)F)ccc3N3CCCC3)cc2C1=O. The van der Waals surface area contributed by atoms with Crippen LogP contribution in [0.4, 0.5) is 30.2 Å². The molecule has 184 valence electrons. The van der Waals surface area contributed by atoms with E-state index in [1.54, 1.807) is 31.2 Å². The summed E-state index contributed by atoms with van der Waals surface area (Å²) in [5.74, 6) is -1.73. The number of nitrogens with zero attached hydrogens (tertiary/aromatic N) is 2. The number of fused-ring (bicyclic) bond motifs is 1. The van der Waals surface area contributed by atoms with E-state index in [2.05, 4.69) is 5.32 Å². The van der Waals surface area contributed by atoms with Crippen molar-refractivity contribution in [1.29, 1.82) is 0 Å². The molecule has 0 radical (unpaired) electrons. The smallest absolute Gasteiger partial charge is 0.370 e. The number of nitrogens with one attached hydrogen (secondary N) is 1. The Morgan fingerprint density at radius 1 is 0.861 bits per heavy atom. The van der Waals surface area contributed by atoms with Gasteiger partial charge in [0.2, 0.25) is 0 Å². The van der Waals surface area contributed by atoms with Crippen LogP contribution in [0.25, 0.3) is 0 Å². The Labute approximate surface area is 205 Å². The number of carbonyl (C=O) groups excluding carboxylic acids is 3. The Morgan fingerprint density at radius 2 is 1.56 bits per heavy atom. The van der Waals surface area contributed by atoms with Gasteiger partial charge in [-0.15, -0.1) is 0 Å². The minimum absolute atomic E-state index is 0.0427. The van der Waals surface area contributed by atoms with E-state index in [9.17, 15) is 27.6 Å². The Kier molecular flexibility index (Phi) is 5.78. The fourth-order valence-electron chi connectivity index (χ4n) is 4.66. The van der Waals surface area contributed by atoms with Gasteiger partial charge in [-0.3, -0.25) is 14.4 Å². The molecule has 0 bridgehead atoms. The summed E-state index contributed by atoms with van der Waals surface area (Å²) in [6.45, 7) is 3.14. The number of hydrogen-bond acceptors (Lipinski definition) is 4. The number of alkyl halides is 3. The maximum absolute atomic E-state index is 13.4. The average molecular weight is 493 g/mol. The van der Waals surface area contributed by atoms with E-state index in [4.69, 9.17) is 0 Å². The van der Waals surface area contributed by atoms with Gasteiger partial charge in [0.1, 0.15) is 0 Å². The molecule has 0 saturated carbocycles. The summed E-state index contributed by atoms with van der Waals surface area (Å²) in [4.78, 5) is 42.2. The number of anilines is 3. The monoisotopic (exact) mass is 493 g/mol. The summed E-state index contributed by atoms with van der Waals surface area (Å²) in [6, 6.07) is 14.4. The summed E-state index contributed by atoms with van der Waals surface area (Å²) in [5, 5.41) is 2.60. The molecular weight excluding hydrogens is 471 g/mol. The van der Waals surface area contributed by atoms with Gasteiger partial charge >= 0.3 is 6.18 Å². The number of amides is 3. The molecule has 2 heterocycles. The van der Waals surface area contributed by atoms with Crippen LogP contribution in [0.1, 0.15) is 55.0 Å². The van der Waals surface area contributed by atoms with Crippen LogP contribution in [0.2, 0.25) is 0 Å². The summed E-state index contributed by atoms with van der Waals surface area (Å²) in [5.41, 5.74) is 1.16. The lowest BCUT2D eigenvalue weighted by molar-refractivity contribution is -0.137. The predicted molar refractivity (Wildman–Crippen MR) is 130 cm³/mol. The highest BCUT2D eigenvalue weighted by Gasteiger charge is 2.38. The number of para-hydroxylation sites is 1. The zero-order chi connectivity index (χ0) is 25.6. The van der Waals surface area contributed by atoms with Crippen LogP contribution in [-0.2, 0) is 6.18 Å². The lowest BCUT2D eigenvalue weighted by atomic mass is 10.0. The molecule has 5 rings (SSSR count). The molecule has 1 saturated heterocycles. The van der Waals surface area contributed by atoms with E-state index in [0.29, 0.717) is 24.5 Å². The molecular formula is C27H22F3N3O3. The highest BCUT2D eigenvalue weighted by molar-refractivity contribution is 6.35. The second kappa shape index (κ2) is 8.82. The van der Waals surface area contributed by atoms with Crippen molar-refractivity contribution in [2.75, 3.05) is 28.2 Å². The maximum atomic E-state index is 13.4. The van der Waals surface area contributed by atoms with Crippen molar-refractivity contribution in [3.63, 3.8) is 0 Å². The van der Waals surface area contributed by atoms with Crippen LogP contribution in [0, 0.1) is 6.92 Å². The molecule has 36 heavy (non-hydrogen) atoms. The van der Waals surface area contributed by atoms with Gasteiger partial charge in [0, 0.05) is 18.7 Å². The summed E-state index contributed by atoms with van der Waals surface area (Å²) >= 11 is 0. The number of hydrogen-bond donors (Lipinski definition) is 1. The second-order valence-corrected chi connectivity index (χ2v) is 8.87. The molecule has 0 aromatic heterocycles. The lowest BCUT2D eigenvalue weighted by Gasteiger charge is -2.23. The van der Waals surface area contributed by atoms with Crippen molar-refractivity contribution in [3.8, 4) is 0 Å². The third kappa shape index (κ3) is 4.10. The number of imide groups is 1. The van der Waals surface area contributed by atoms with Gasteiger partial charge < -0.3 is 10.2 Å².